The van der Waals surface area contributed by atoms with Crippen LogP contribution >= 0.6 is 7.26 Å². The highest BCUT2D eigenvalue weighted by Crippen LogP contribution is 2.77. The number of hydrogen-bond acceptors (Lipinski definition) is 3. The first-order chi connectivity index (χ1) is 23.0. The molecule has 1 aliphatic heterocycles. The van der Waals surface area contributed by atoms with E-state index in [-0.39, 0.29) is 23.8 Å². The molecule has 1 atom stereocenters. The first-order valence-corrected chi connectivity index (χ1v) is 22.3. The second-order valence-corrected chi connectivity index (χ2v) is 20.3. The first-order valence-electron chi connectivity index (χ1n) is 20.1. The van der Waals surface area contributed by atoms with Crippen molar-refractivity contribution in [2.45, 2.75) is 197 Å². The zero-order valence-electron chi connectivity index (χ0n) is 30.0. The van der Waals surface area contributed by atoms with Gasteiger partial charge in [0.2, 0.25) is 5.91 Å². The van der Waals surface area contributed by atoms with E-state index in [4.69, 9.17) is 0 Å². The van der Waals surface area contributed by atoms with Crippen LogP contribution in [-0.4, -0.2) is 51.8 Å². The summed E-state index contributed by atoms with van der Waals surface area (Å²) < 4.78 is 0. The van der Waals surface area contributed by atoms with Gasteiger partial charge in [0.05, 0.1) is 40.0 Å². The molecule has 3 amide bonds. The van der Waals surface area contributed by atoms with Crippen molar-refractivity contribution in [3.8, 4) is 0 Å². The number of nitrogens with zero attached hydrogens (tertiary/aromatic N) is 1. The molecule has 0 saturated heterocycles. The van der Waals surface area contributed by atoms with Gasteiger partial charge < -0.3 is 5.32 Å². The second-order valence-electron chi connectivity index (χ2n) is 15.7. The third-order valence-corrected chi connectivity index (χ3v) is 19.4. The third kappa shape index (κ3) is 8.90. The summed E-state index contributed by atoms with van der Waals surface area (Å²) in [5.41, 5.74) is 4.57. The molecular formula is C41H66N2O3P+. The molecule has 47 heavy (non-hydrogen) atoms. The number of fused-ring (bicyclic) bond motifs is 1. The lowest BCUT2D eigenvalue weighted by molar-refractivity contribution is -0.116. The van der Waals surface area contributed by atoms with E-state index in [1.54, 1.807) is 62.9 Å². The number of anilines is 1. The molecule has 3 fully saturated rings. The van der Waals surface area contributed by atoms with E-state index in [0.717, 1.165) is 29.8 Å². The Morgan fingerprint density at radius 2 is 1.21 bits per heavy atom. The van der Waals surface area contributed by atoms with Gasteiger partial charge in [-0.1, -0.05) is 64.4 Å². The van der Waals surface area contributed by atoms with Crippen molar-refractivity contribution in [1.29, 1.82) is 0 Å². The van der Waals surface area contributed by atoms with Gasteiger partial charge in [-0.05, 0) is 122 Å². The van der Waals surface area contributed by atoms with Crippen LogP contribution < -0.4 is 5.32 Å². The van der Waals surface area contributed by atoms with Crippen molar-refractivity contribution in [1.82, 2.24) is 4.90 Å². The molecule has 3 saturated carbocycles. The van der Waals surface area contributed by atoms with E-state index in [1.165, 1.54) is 101 Å². The quantitative estimate of drug-likeness (QED) is 0.102. The van der Waals surface area contributed by atoms with Crippen molar-refractivity contribution < 1.29 is 14.4 Å². The fraction of sp³-hybridized carbons (Fsp3) is 0.780. The van der Waals surface area contributed by atoms with E-state index in [9.17, 15) is 14.4 Å². The third-order valence-electron chi connectivity index (χ3n) is 12.7. The molecule has 5 nitrogen and oxygen atoms in total. The van der Waals surface area contributed by atoms with Crippen LogP contribution in [0.5, 0.6) is 0 Å². The molecule has 1 aromatic rings. The van der Waals surface area contributed by atoms with Crippen LogP contribution in [0.4, 0.5) is 5.69 Å². The summed E-state index contributed by atoms with van der Waals surface area (Å²) in [5, 5.41) is 2.94. The molecule has 6 heteroatoms. The molecule has 1 N–H and O–H groups in total. The summed E-state index contributed by atoms with van der Waals surface area (Å²) in [6, 6.07) is 5.03. The van der Waals surface area contributed by atoms with Gasteiger partial charge in [-0.3, -0.25) is 19.3 Å². The Kier molecular flexibility index (Phi) is 14.2. The van der Waals surface area contributed by atoms with Gasteiger partial charge in [-0.2, -0.15) is 0 Å². The highest BCUT2D eigenvalue weighted by Gasteiger charge is 2.56. The number of amides is 3. The lowest BCUT2D eigenvalue weighted by atomic mass is 9.99. The molecule has 1 aromatic carbocycles. The van der Waals surface area contributed by atoms with Crippen molar-refractivity contribution in [3.05, 3.63) is 29.3 Å². The Labute approximate surface area is 287 Å². The molecular weight excluding hydrogens is 599 g/mol. The minimum Gasteiger partial charge on any atom is -0.325 e. The Morgan fingerprint density at radius 1 is 0.723 bits per heavy atom. The lowest BCUT2D eigenvalue weighted by Gasteiger charge is -2.49. The standard InChI is InChI=1S/C41H65N2O3P/c1-3-32(2)43-40(45)36-28-21-29-37(39(36)41(43)46)42-38(44)30-19-8-6-4-5-7-9-20-31-47(33-22-13-10-14-23-33,34-24-15-11-16-25-34)35-26-17-12-18-27-35/h21,28-29,32-35H,3-20,22-27,30-31H2,1-2H3/p+1. The second kappa shape index (κ2) is 18.3. The van der Waals surface area contributed by atoms with Crippen LogP contribution in [0.25, 0.3) is 0 Å². The Balaban J connectivity index is 1.02. The highest BCUT2D eigenvalue weighted by atomic mass is 31.2. The van der Waals surface area contributed by atoms with Crippen molar-refractivity contribution >= 4 is 30.7 Å². The molecule has 5 rings (SSSR count). The van der Waals surface area contributed by atoms with Crippen molar-refractivity contribution in [2.24, 2.45) is 0 Å². The largest absolute Gasteiger partial charge is 0.325 e. The summed E-state index contributed by atoms with van der Waals surface area (Å²) in [6.45, 7) is 3.86. The minimum absolute atomic E-state index is 0.0682. The summed E-state index contributed by atoms with van der Waals surface area (Å²) in [6.07, 6.45) is 35.8. The molecule has 3 aliphatic carbocycles. The molecule has 262 valence electrons. The number of nitrogens with one attached hydrogen (secondary N) is 1. The number of unbranched alkanes of at least 4 members (excludes halogenated alkanes) is 7. The van der Waals surface area contributed by atoms with Crippen molar-refractivity contribution in [2.75, 3.05) is 11.5 Å². The van der Waals surface area contributed by atoms with Gasteiger partial charge in [0.15, 0.2) is 0 Å². The fourth-order valence-corrected chi connectivity index (χ4v) is 17.7. The van der Waals surface area contributed by atoms with Gasteiger partial charge in [0.25, 0.3) is 11.8 Å². The Hall–Kier alpha value is -1.74. The number of benzene rings is 1. The first kappa shape index (κ1) is 36.5. The zero-order chi connectivity index (χ0) is 33.1. The Morgan fingerprint density at radius 3 is 1.72 bits per heavy atom. The zero-order valence-corrected chi connectivity index (χ0v) is 30.9. The van der Waals surface area contributed by atoms with Gasteiger partial charge in [-0.15, -0.1) is 0 Å². The van der Waals surface area contributed by atoms with E-state index in [1.807, 2.05) is 13.8 Å². The summed E-state index contributed by atoms with van der Waals surface area (Å²) in [4.78, 5) is 40.0. The average Bonchev–Trinajstić information content (AvgIpc) is 3.37. The molecule has 0 aromatic heterocycles. The summed E-state index contributed by atoms with van der Waals surface area (Å²) in [5.74, 6) is -0.616. The fourth-order valence-electron chi connectivity index (χ4n) is 10.1. The van der Waals surface area contributed by atoms with E-state index >= 15 is 0 Å². The van der Waals surface area contributed by atoms with Crippen LogP contribution in [-0.2, 0) is 4.79 Å². The summed E-state index contributed by atoms with van der Waals surface area (Å²) in [7, 11) is -0.924. The smallest absolute Gasteiger partial charge is 0.263 e. The van der Waals surface area contributed by atoms with Gasteiger partial charge >= 0.3 is 0 Å². The van der Waals surface area contributed by atoms with E-state index in [2.05, 4.69) is 5.32 Å². The van der Waals surface area contributed by atoms with Crippen molar-refractivity contribution in [3.63, 3.8) is 0 Å². The van der Waals surface area contributed by atoms with Crippen LogP contribution in [0, 0.1) is 0 Å². The minimum atomic E-state index is -0.924. The number of imide groups is 1. The van der Waals surface area contributed by atoms with Crippen LogP contribution in [0.2, 0.25) is 0 Å². The van der Waals surface area contributed by atoms with Gasteiger partial charge in [-0.25, -0.2) is 0 Å². The average molecular weight is 666 g/mol. The number of carbonyl (C=O) groups excluding carboxylic acids is 3. The van der Waals surface area contributed by atoms with E-state index in [0.29, 0.717) is 29.7 Å². The van der Waals surface area contributed by atoms with E-state index < -0.39 is 7.26 Å². The predicted octanol–water partition coefficient (Wildman–Crippen LogP) is 11.5. The molecule has 1 unspecified atom stereocenters. The number of carbonyl (C=O) groups is 3. The number of hydrogen-bond donors (Lipinski definition) is 1. The van der Waals surface area contributed by atoms with Crippen LogP contribution in [0.3, 0.4) is 0 Å². The maximum atomic E-state index is 13.1. The van der Waals surface area contributed by atoms with Crippen LogP contribution in [0.15, 0.2) is 18.2 Å². The maximum absolute atomic E-state index is 13.1. The predicted molar refractivity (Wildman–Crippen MR) is 199 cm³/mol. The molecule has 0 radical (unpaired) electrons. The maximum Gasteiger partial charge on any atom is 0.263 e. The molecule has 0 bridgehead atoms. The molecule has 0 spiro atoms. The van der Waals surface area contributed by atoms with Gasteiger partial charge in [0.1, 0.15) is 0 Å². The topological polar surface area (TPSA) is 66.5 Å². The molecule has 4 aliphatic rings. The molecule has 1 heterocycles. The lowest BCUT2D eigenvalue weighted by Crippen LogP contribution is -2.37. The SMILES string of the molecule is CCC(C)N1C(=O)c2cccc(NC(=O)CCCCCCCCCC[P+](C3CCCCC3)(C3CCCCC3)C3CCCCC3)c2C1=O. The highest BCUT2D eigenvalue weighted by molar-refractivity contribution is 7.77. The van der Waals surface area contributed by atoms with Crippen LogP contribution in [0.1, 0.15) is 195 Å². The Bertz CT molecular complexity index is 1120. The normalized spacial score (nSPS) is 20.9. The summed E-state index contributed by atoms with van der Waals surface area (Å²) >= 11 is 0. The monoisotopic (exact) mass is 665 g/mol. The van der Waals surface area contributed by atoms with Gasteiger partial charge in [0, 0.05) is 19.7 Å². The number of rotatable bonds is 17.